The van der Waals surface area contributed by atoms with E-state index in [1.54, 1.807) is 31.4 Å². The predicted molar refractivity (Wildman–Crippen MR) is 83.3 cm³/mol. The van der Waals surface area contributed by atoms with Gasteiger partial charge in [0.15, 0.2) is 0 Å². The van der Waals surface area contributed by atoms with Crippen LogP contribution in [0, 0.1) is 11.8 Å². The van der Waals surface area contributed by atoms with Gasteiger partial charge in [0, 0.05) is 25.8 Å². The van der Waals surface area contributed by atoms with E-state index in [0.29, 0.717) is 18.7 Å². The van der Waals surface area contributed by atoms with Crippen molar-refractivity contribution in [2.24, 2.45) is 5.73 Å². The first-order valence-electron chi connectivity index (χ1n) is 6.88. The molecule has 0 spiro atoms. The number of benzene rings is 1. The average molecular weight is 310 g/mol. The SMILES string of the molecule is COCCCCCNS(=O)(=O)c1cccc(C#CCN)c1. The topological polar surface area (TPSA) is 81.4 Å². The molecule has 1 rings (SSSR count). The molecule has 1 aromatic rings. The third-order valence-corrected chi connectivity index (χ3v) is 4.26. The Morgan fingerprint density at radius 3 is 2.81 bits per heavy atom. The van der Waals surface area contributed by atoms with Crippen molar-refractivity contribution < 1.29 is 13.2 Å². The Morgan fingerprint density at radius 1 is 1.29 bits per heavy atom. The molecule has 3 N–H and O–H groups in total. The van der Waals surface area contributed by atoms with Crippen LogP contribution in [0.5, 0.6) is 0 Å². The van der Waals surface area contributed by atoms with Crippen molar-refractivity contribution >= 4 is 10.0 Å². The van der Waals surface area contributed by atoms with Crippen LogP contribution in [0.3, 0.4) is 0 Å². The maximum atomic E-state index is 12.1. The van der Waals surface area contributed by atoms with Crippen LogP contribution < -0.4 is 10.5 Å². The van der Waals surface area contributed by atoms with Gasteiger partial charge in [0.05, 0.1) is 11.4 Å². The molecule has 0 aliphatic rings. The number of nitrogens with two attached hydrogens (primary N) is 1. The van der Waals surface area contributed by atoms with Crippen LogP contribution in [0.15, 0.2) is 29.2 Å². The van der Waals surface area contributed by atoms with E-state index < -0.39 is 10.0 Å². The molecule has 0 radical (unpaired) electrons. The smallest absolute Gasteiger partial charge is 0.240 e. The number of ether oxygens (including phenoxy) is 1. The van der Waals surface area contributed by atoms with Crippen LogP contribution in [0.1, 0.15) is 24.8 Å². The second-order valence-corrected chi connectivity index (χ2v) is 6.25. The minimum Gasteiger partial charge on any atom is -0.385 e. The fourth-order valence-corrected chi connectivity index (χ4v) is 2.85. The maximum absolute atomic E-state index is 12.1. The summed E-state index contributed by atoms with van der Waals surface area (Å²) >= 11 is 0. The van der Waals surface area contributed by atoms with Crippen molar-refractivity contribution in [3.8, 4) is 11.8 Å². The van der Waals surface area contributed by atoms with E-state index in [1.807, 2.05) is 0 Å². The number of methoxy groups -OCH3 is 1. The third kappa shape index (κ3) is 6.74. The van der Waals surface area contributed by atoms with Crippen LogP contribution in [-0.4, -0.2) is 35.2 Å². The molecule has 0 aromatic heterocycles. The first-order valence-corrected chi connectivity index (χ1v) is 8.36. The lowest BCUT2D eigenvalue weighted by Gasteiger charge is -2.07. The maximum Gasteiger partial charge on any atom is 0.240 e. The lowest BCUT2D eigenvalue weighted by molar-refractivity contribution is 0.192. The summed E-state index contributed by atoms with van der Waals surface area (Å²) < 4.78 is 31.8. The molecule has 21 heavy (non-hydrogen) atoms. The second kappa shape index (κ2) is 9.53. The molecule has 0 saturated carbocycles. The normalized spacial score (nSPS) is 11.0. The number of sulfonamides is 1. The Kier molecular flexibility index (Phi) is 8.01. The molecule has 0 bridgehead atoms. The Labute approximate surface area is 126 Å². The summed E-state index contributed by atoms with van der Waals surface area (Å²) in [6, 6.07) is 6.54. The number of hydrogen-bond acceptors (Lipinski definition) is 4. The van der Waals surface area contributed by atoms with Crippen molar-refractivity contribution in [2.75, 3.05) is 26.8 Å². The number of unbranched alkanes of at least 4 members (excludes halogenated alkanes) is 2. The van der Waals surface area contributed by atoms with Crippen molar-refractivity contribution in [3.05, 3.63) is 29.8 Å². The van der Waals surface area contributed by atoms with E-state index in [2.05, 4.69) is 16.6 Å². The number of nitrogens with one attached hydrogen (secondary N) is 1. The number of rotatable bonds is 8. The highest BCUT2D eigenvalue weighted by molar-refractivity contribution is 7.89. The summed E-state index contributed by atoms with van der Waals surface area (Å²) in [6.45, 7) is 1.37. The predicted octanol–water partition coefficient (Wildman–Crippen LogP) is 1.09. The van der Waals surface area contributed by atoms with E-state index in [0.717, 1.165) is 19.3 Å². The van der Waals surface area contributed by atoms with Crippen LogP contribution in [-0.2, 0) is 14.8 Å². The minimum atomic E-state index is -3.48. The fourth-order valence-electron chi connectivity index (χ4n) is 1.73. The van der Waals surface area contributed by atoms with Gasteiger partial charge in [0.1, 0.15) is 0 Å². The minimum absolute atomic E-state index is 0.225. The van der Waals surface area contributed by atoms with Gasteiger partial charge in [0.25, 0.3) is 0 Å². The largest absolute Gasteiger partial charge is 0.385 e. The first-order chi connectivity index (χ1) is 10.1. The Bertz CT molecular complexity index is 588. The summed E-state index contributed by atoms with van der Waals surface area (Å²) in [7, 11) is -1.82. The highest BCUT2D eigenvalue weighted by Gasteiger charge is 2.13. The molecule has 5 nitrogen and oxygen atoms in total. The highest BCUT2D eigenvalue weighted by Crippen LogP contribution is 2.11. The average Bonchev–Trinajstić information content (AvgIpc) is 2.49. The van der Waals surface area contributed by atoms with E-state index in [-0.39, 0.29) is 11.4 Å². The van der Waals surface area contributed by atoms with Gasteiger partial charge in [-0.2, -0.15) is 0 Å². The molecular weight excluding hydrogens is 288 g/mol. The van der Waals surface area contributed by atoms with Crippen LogP contribution in [0.2, 0.25) is 0 Å². The van der Waals surface area contributed by atoms with Crippen molar-refractivity contribution in [3.63, 3.8) is 0 Å². The zero-order valence-corrected chi connectivity index (χ0v) is 13.1. The summed E-state index contributed by atoms with van der Waals surface area (Å²) in [6.07, 6.45) is 2.65. The Hall–Kier alpha value is -1.39. The van der Waals surface area contributed by atoms with Gasteiger partial charge < -0.3 is 10.5 Å². The Morgan fingerprint density at radius 2 is 2.10 bits per heavy atom. The monoisotopic (exact) mass is 310 g/mol. The van der Waals surface area contributed by atoms with Crippen LogP contribution in [0.25, 0.3) is 0 Å². The quantitative estimate of drug-likeness (QED) is 0.556. The zero-order chi connectivity index (χ0) is 15.6. The van der Waals surface area contributed by atoms with Gasteiger partial charge in [-0.3, -0.25) is 0 Å². The van der Waals surface area contributed by atoms with Crippen molar-refractivity contribution in [1.29, 1.82) is 0 Å². The standard InChI is InChI=1S/C15H22N2O3S/c1-20-12-4-2-3-11-17-21(18,19)15-9-5-7-14(13-15)8-6-10-16/h5,7,9,13,17H,2-4,10-12,16H2,1H3. The molecule has 0 aliphatic carbocycles. The van der Waals surface area contributed by atoms with Gasteiger partial charge in [-0.1, -0.05) is 17.9 Å². The van der Waals surface area contributed by atoms with Gasteiger partial charge in [-0.25, -0.2) is 13.1 Å². The van der Waals surface area contributed by atoms with Crippen molar-refractivity contribution in [2.45, 2.75) is 24.2 Å². The van der Waals surface area contributed by atoms with Gasteiger partial charge in [-0.05, 0) is 37.5 Å². The van der Waals surface area contributed by atoms with E-state index in [9.17, 15) is 8.42 Å². The molecule has 6 heteroatoms. The molecule has 0 heterocycles. The van der Waals surface area contributed by atoms with Crippen molar-refractivity contribution in [1.82, 2.24) is 4.72 Å². The summed E-state index contributed by atoms with van der Waals surface area (Å²) in [5.41, 5.74) is 5.94. The molecular formula is C15H22N2O3S. The van der Waals surface area contributed by atoms with Gasteiger partial charge in [-0.15, -0.1) is 0 Å². The lowest BCUT2D eigenvalue weighted by atomic mass is 10.2. The highest BCUT2D eigenvalue weighted by atomic mass is 32.2. The second-order valence-electron chi connectivity index (χ2n) is 4.48. The fraction of sp³-hybridized carbons (Fsp3) is 0.467. The third-order valence-electron chi connectivity index (χ3n) is 2.80. The summed E-state index contributed by atoms with van der Waals surface area (Å²) in [4.78, 5) is 0.225. The van der Waals surface area contributed by atoms with Gasteiger partial charge >= 0.3 is 0 Å². The van der Waals surface area contributed by atoms with Crippen LogP contribution in [0.4, 0.5) is 0 Å². The molecule has 0 aliphatic heterocycles. The lowest BCUT2D eigenvalue weighted by Crippen LogP contribution is -2.24. The molecule has 0 unspecified atom stereocenters. The molecule has 0 amide bonds. The summed E-state index contributed by atoms with van der Waals surface area (Å²) in [5, 5.41) is 0. The van der Waals surface area contributed by atoms with Crippen LogP contribution >= 0.6 is 0 Å². The van der Waals surface area contributed by atoms with E-state index in [1.165, 1.54) is 0 Å². The molecule has 0 fully saturated rings. The van der Waals surface area contributed by atoms with E-state index >= 15 is 0 Å². The van der Waals surface area contributed by atoms with E-state index in [4.69, 9.17) is 10.5 Å². The summed E-state index contributed by atoms with van der Waals surface area (Å²) in [5.74, 6) is 5.53. The Balaban J connectivity index is 2.57. The first kappa shape index (κ1) is 17.7. The molecule has 0 atom stereocenters. The number of hydrogen-bond donors (Lipinski definition) is 2. The molecule has 1 aromatic carbocycles. The van der Waals surface area contributed by atoms with Gasteiger partial charge in [0.2, 0.25) is 10.0 Å². The molecule has 116 valence electrons. The molecule has 0 saturated heterocycles. The zero-order valence-electron chi connectivity index (χ0n) is 12.3.